The normalized spacial score (nSPS) is 15.0. The van der Waals surface area contributed by atoms with Crippen LogP contribution in [0.1, 0.15) is 63.9 Å². The summed E-state index contributed by atoms with van der Waals surface area (Å²) in [5.41, 5.74) is 1.22. The predicted molar refractivity (Wildman–Crippen MR) is 159 cm³/mol. The minimum atomic E-state index is -3.58. The van der Waals surface area contributed by atoms with Crippen molar-refractivity contribution in [3.8, 4) is 0 Å². The topological polar surface area (TPSA) is 86.8 Å². The van der Waals surface area contributed by atoms with Gasteiger partial charge in [0.15, 0.2) is 0 Å². The molecule has 0 unspecified atom stereocenters. The molecule has 214 valence electrons. The fraction of sp³-hybridized carbons (Fsp3) is 0.500. The lowest BCUT2D eigenvalue weighted by Gasteiger charge is -2.33. The fourth-order valence-electron chi connectivity index (χ4n) is 4.91. The van der Waals surface area contributed by atoms with Gasteiger partial charge in [-0.25, -0.2) is 8.42 Å². The molecule has 1 N–H and O–H groups in total. The molecule has 0 bridgehead atoms. The maximum absolute atomic E-state index is 13.6. The van der Waals surface area contributed by atoms with Gasteiger partial charge in [-0.05, 0) is 67.6 Å². The van der Waals surface area contributed by atoms with Gasteiger partial charge >= 0.3 is 0 Å². The largest absolute Gasteiger partial charge is 0.352 e. The molecule has 39 heavy (non-hydrogen) atoms. The van der Waals surface area contributed by atoms with Gasteiger partial charge in [-0.1, -0.05) is 67.1 Å². The van der Waals surface area contributed by atoms with E-state index >= 15 is 0 Å². The van der Waals surface area contributed by atoms with Gasteiger partial charge in [-0.3, -0.25) is 13.9 Å². The summed E-state index contributed by atoms with van der Waals surface area (Å²) in [4.78, 5) is 28.6. The number of carbonyl (C=O) groups excluding carboxylic acids is 2. The summed E-state index contributed by atoms with van der Waals surface area (Å²) in [6.07, 6.45) is 7.11. The molecule has 2 amide bonds. The number of hydrogen-bond donors (Lipinski definition) is 1. The van der Waals surface area contributed by atoms with Gasteiger partial charge < -0.3 is 10.2 Å². The lowest BCUT2D eigenvalue weighted by Crippen LogP contribution is -2.51. The SMILES string of the molecule is CC[C@H](C(=O)NC1CCCCC1)N(Cc1ccc(Cl)c(Cl)c1)C(=O)CCCN(c1ccc(Cl)cc1)S(C)(=O)=O. The van der Waals surface area contributed by atoms with Crippen molar-refractivity contribution in [1.82, 2.24) is 10.2 Å². The molecule has 11 heteroatoms. The Labute approximate surface area is 246 Å². The molecule has 0 aliphatic heterocycles. The third kappa shape index (κ3) is 9.27. The number of carbonyl (C=O) groups is 2. The van der Waals surface area contributed by atoms with Crippen LogP contribution in [0.15, 0.2) is 42.5 Å². The van der Waals surface area contributed by atoms with E-state index in [2.05, 4.69) is 5.32 Å². The van der Waals surface area contributed by atoms with Gasteiger partial charge in [0.25, 0.3) is 0 Å². The third-order valence-electron chi connectivity index (χ3n) is 6.94. The van der Waals surface area contributed by atoms with Crippen LogP contribution in [0.5, 0.6) is 0 Å². The van der Waals surface area contributed by atoms with Crippen molar-refractivity contribution in [2.45, 2.75) is 76.9 Å². The minimum absolute atomic E-state index is 0.0636. The lowest BCUT2D eigenvalue weighted by molar-refractivity contribution is -0.141. The summed E-state index contributed by atoms with van der Waals surface area (Å²) in [5, 5.41) is 4.43. The Morgan fingerprint density at radius 2 is 1.67 bits per heavy atom. The number of rotatable bonds is 12. The van der Waals surface area contributed by atoms with Crippen molar-refractivity contribution in [2.75, 3.05) is 17.1 Å². The van der Waals surface area contributed by atoms with Crippen LogP contribution in [0.25, 0.3) is 0 Å². The molecule has 0 aromatic heterocycles. The van der Waals surface area contributed by atoms with E-state index in [-0.39, 0.29) is 43.8 Å². The monoisotopic (exact) mass is 615 g/mol. The van der Waals surface area contributed by atoms with Gasteiger partial charge in [0.2, 0.25) is 21.8 Å². The second kappa shape index (κ2) is 14.6. The van der Waals surface area contributed by atoms with Crippen LogP contribution >= 0.6 is 34.8 Å². The molecule has 3 rings (SSSR count). The molecule has 0 radical (unpaired) electrons. The number of halogens is 3. The Morgan fingerprint density at radius 1 is 1.00 bits per heavy atom. The van der Waals surface area contributed by atoms with Gasteiger partial charge in [-0.15, -0.1) is 0 Å². The van der Waals surface area contributed by atoms with Crippen LogP contribution in [0.2, 0.25) is 15.1 Å². The first-order valence-corrected chi connectivity index (χ1v) is 16.2. The van der Waals surface area contributed by atoms with Gasteiger partial charge in [0.05, 0.1) is 22.0 Å². The van der Waals surface area contributed by atoms with Crippen molar-refractivity contribution in [3.05, 3.63) is 63.1 Å². The van der Waals surface area contributed by atoms with Crippen molar-refractivity contribution < 1.29 is 18.0 Å². The molecular weight excluding hydrogens is 581 g/mol. The minimum Gasteiger partial charge on any atom is -0.352 e. The zero-order valence-corrected chi connectivity index (χ0v) is 25.4. The number of anilines is 1. The van der Waals surface area contributed by atoms with Crippen molar-refractivity contribution in [1.29, 1.82) is 0 Å². The molecule has 2 aromatic rings. The lowest BCUT2D eigenvalue weighted by atomic mass is 9.95. The Hall–Kier alpha value is -2.00. The molecule has 1 aliphatic rings. The maximum Gasteiger partial charge on any atom is 0.243 e. The van der Waals surface area contributed by atoms with Crippen LogP contribution < -0.4 is 9.62 Å². The van der Waals surface area contributed by atoms with E-state index in [1.54, 1.807) is 47.4 Å². The molecule has 7 nitrogen and oxygen atoms in total. The van der Waals surface area contributed by atoms with Crippen LogP contribution in [-0.2, 0) is 26.2 Å². The average molecular weight is 617 g/mol. The average Bonchev–Trinajstić information content (AvgIpc) is 2.89. The Morgan fingerprint density at radius 3 is 2.26 bits per heavy atom. The first-order chi connectivity index (χ1) is 18.5. The number of sulfonamides is 1. The number of nitrogens with one attached hydrogen (secondary N) is 1. The highest BCUT2D eigenvalue weighted by atomic mass is 35.5. The molecule has 0 saturated heterocycles. The zero-order chi connectivity index (χ0) is 28.6. The highest BCUT2D eigenvalue weighted by Crippen LogP contribution is 2.26. The summed E-state index contributed by atoms with van der Waals surface area (Å²) in [5.74, 6) is -0.409. The number of amides is 2. The van der Waals surface area contributed by atoms with Gasteiger partial charge in [0.1, 0.15) is 6.04 Å². The van der Waals surface area contributed by atoms with Gasteiger partial charge in [-0.2, -0.15) is 0 Å². The van der Waals surface area contributed by atoms with Crippen LogP contribution in [0.3, 0.4) is 0 Å². The Bertz CT molecular complexity index is 1240. The van der Waals surface area contributed by atoms with E-state index in [4.69, 9.17) is 34.8 Å². The van der Waals surface area contributed by atoms with E-state index in [1.807, 2.05) is 6.92 Å². The highest BCUT2D eigenvalue weighted by Gasteiger charge is 2.30. The Kier molecular flexibility index (Phi) is 11.8. The molecule has 1 saturated carbocycles. The van der Waals surface area contributed by atoms with E-state index in [1.165, 1.54) is 10.7 Å². The van der Waals surface area contributed by atoms with Crippen LogP contribution in [0, 0.1) is 0 Å². The first-order valence-electron chi connectivity index (χ1n) is 13.3. The second-order valence-electron chi connectivity index (χ2n) is 9.95. The quantitative estimate of drug-likeness (QED) is 0.297. The van der Waals surface area contributed by atoms with E-state index in [0.29, 0.717) is 27.2 Å². The molecule has 1 fully saturated rings. The molecular formula is C28H36Cl3N3O4S. The van der Waals surface area contributed by atoms with Crippen LogP contribution in [0.4, 0.5) is 5.69 Å². The van der Waals surface area contributed by atoms with Gasteiger partial charge in [0, 0.05) is 30.6 Å². The van der Waals surface area contributed by atoms with Crippen LogP contribution in [-0.4, -0.2) is 50.0 Å². The molecule has 1 atom stereocenters. The van der Waals surface area contributed by atoms with E-state index in [0.717, 1.165) is 37.5 Å². The number of nitrogens with zero attached hydrogens (tertiary/aromatic N) is 2. The number of benzene rings is 2. The molecule has 0 heterocycles. The predicted octanol–water partition coefficient (Wildman–Crippen LogP) is 6.45. The molecule has 2 aromatic carbocycles. The smallest absolute Gasteiger partial charge is 0.243 e. The summed E-state index contributed by atoms with van der Waals surface area (Å²) in [7, 11) is -3.58. The van der Waals surface area contributed by atoms with E-state index in [9.17, 15) is 18.0 Å². The molecule has 0 spiro atoms. The summed E-state index contributed by atoms with van der Waals surface area (Å²) < 4.78 is 26.2. The fourth-order valence-corrected chi connectivity index (χ4v) is 6.32. The van der Waals surface area contributed by atoms with Crippen molar-refractivity contribution in [3.63, 3.8) is 0 Å². The standard InChI is InChI=1S/C28H36Cl3N3O4S/c1-3-26(28(36)32-22-8-5-4-6-9-22)33(19-20-11-16-24(30)25(31)18-20)27(35)10-7-17-34(39(2,37)38)23-14-12-21(29)13-15-23/h11-16,18,22,26H,3-10,17,19H2,1-2H3,(H,32,36)/t26-/m1/s1. The third-order valence-corrected chi connectivity index (χ3v) is 9.13. The van der Waals surface area contributed by atoms with Crippen molar-refractivity contribution >= 4 is 62.3 Å². The highest BCUT2D eigenvalue weighted by molar-refractivity contribution is 7.92. The van der Waals surface area contributed by atoms with Crippen molar-refractivity contribution in [2.24, 2.45) is 0 Å². The summed E-state index contributed by atoms with van der Waals surface area (Å²) >= 11 is 18.3. The maximum atomic E-state index is 13.6. The summed E-state index contributed by atoms with van der Waals surface area (Å²) in [6.45, 7) is 2.17. The number of hydrogen-bond acceptors (Lipinski definition) is 4. The van der Waals surface area contributed by atoms with E-state index < -0.39 is 16.1 Å². The first kappa shape index (κ1) is 31.5. The molecule has 1 aliphatic carbocycles. The zero-order valence-electron chi connectivity index (χ0n) is 22.3. The second-order valence-corrected chi connectivity index (χ2v) is 13.1. The summed E-state index contributed by atoms with van der Waals surface area (Å²) in [6, 6.07) is 11.1. The Balaban J connectivity index is 1.77.